The molecule has 21 heavy (non-hydrogen) atoms. The SMILES string of the molecule is Nc1cccnc1S(=O)(=O)Nc1ccc2c(c1)OCCO2. The maximum absolute atomic E-state index is 12.3. The number of anilines is 2. The Morgan fingerprint density at radius 3 is 2.67 bits per heavy atom. The second-order valence-electron chi connectivity index (χ2n) is 4.36. The van der Waals surface area contributed by atoms with Crippen LogP contribution in [0.15, 0.2) is 41.6 Å². The van der Waals surface area contributed by atoms with Gasteiger partial charge in [0.05, 0.1) is 11.4 Å². The lowest BCUT2D eigenvalue weighted by Gasteiger charge is -2.19. The Hall–Kier alpha value is -2.48. The van der Waals surface area contributed by atoms with Crippen molar-refractivity contribution in [2.75, 3.05) is 23.7 Å². The van der Waals surface area contributed by atoms with Crippen molar-refractivity contribution in [1.29, 1.82) is 0 Å². The highest BCUT2D eigenvalue weighted by atomic mass is 32.2. The van der Waals surface area contributed by atoms with Gasteiger partial charge in [0.15, 0.2) is 16.5 Å². The molecule has 0 unspecified atom stereocenters. The number of nitrogen functional groups attached to an aromatic ring is 1. The van der Waals surface area contributed by atoms with Gasteiger partial charge in [-0.2, -0.15) is 8.42 Å². The van der Waals surface area contributed by atoms with Gasteiger partial charge in [-0.25, -0.2) is 4.98 Å². The minimum Gasteiger partial charge on any atom is -0.486 e. The second kappa shape index (κ2) is 5.13. The van der Waals surface area contributed by atoms with Gasteiger partial charge in [-0.3, -0.25) is 4.72 Å². The first-order valence-corrected chi connectivity index (χ1v) is 7.67. The minimum absolute atomic E-state index is 0.0857. The van der Waals surface area contributed by atoms with Gasteiger partial charge < -0.3 is 15.2 Å². The van der Waals surface area contributed by atoms with E-state index >= 15 is 0 Å². The molecule has 7 nitrogen and oxygen atoms in total. The number of hydrogen-bond donors (Lipinski definition) is 2. The molecule has 1 aromatic carbocycles. The highest BCUT2D eigenvalue weighted by Crippen LogP contribution is 2.33. The molecule has 1 aromatic heterocycles. The van der Waals surface area contributed by atoms with Crippen LogP contribution in [-0.4, -0.2) is 26.6 Å². The molecular weight excluding hydrogens is 294 g/mol. The van der Waals surface area contributed by atoms with Gasteiger partial charge in [-0.05, 0) is 24.3 Å². The summed E-state index contributed by atoms with van der Waals surface area (Å²) < 4.78 is 37.7. The number of nitrogens with one attached hydrogen (secondary N) is 1. The smallest absolute Gasteiger partial charge is 0.281 e. The van der Waals surface area contributed by atoms with Crippen LogP contribution in [0.3, 0.4) is 0 Å². The first-order valence-electron chi connectivity index (χ1n) is 6.19. The Morgan fingerprint density at radius 2 is 1.90 bits per heavy atom. The number of pyridine rings is 1. The van der Waals surface area contributed by atoms with Crippen LogP contribution in [0.2, 0.25) is 0 Å². The lowest BCUT2D eigenvalue weighted by Crippen LogP contribution is -2.18. The summed E-state index contributed by atoms with van der Waals surface area (Å²) in [5, 5.41) is -0.208. The van der Waals surface area contributed by atoms with Crippen molar-refractivity contribution in [2.45, 2.75) is 5.03 Å². The van der Waals surface area contributed by atoms with Gasteiger partial charge >= 0.3 is 0 Å². The Bertz CT molecular complexity index is 777. The van der Waals surface area contributed by atoms with E-state index in [0.717, 1.165) is 0 Å². The van der Waals surface area contributed by atoms with Gasteiger partial charge in [-0.1, -0.05) is 0 Å². The van der Waals surface area contributed by atoms with E-state index in [9.17, 15) is 8.42 Å². The largest absolute Gasteiger partial charge is 0.486 e. The Morgan fingerprint density at radius 1 is 1.14 bits per heavy atom. The average Bonchev–Trinajstić information content (AvgIpc) is 2.47. The number of fused-ring (bicyclic) bond motifs is 1. The van der Waals surface area contributed by atoms with Crippen molar-refractivity contribution >= 4 is 21.4 Å². The van der Waals surface area contributed by atoms with E-state index in [2.05, 4.69) is 9.71 Å². The molecular formula is C13H13N3O4S. The summed E-state index contributed by atoms with van der Waals surface area (Å²) in [6.07, 6.45) is 1.37. The van der Waals surface area contributed by atoms with Crippen molar-refractivity contribution < 1.29 is 17.9 Å². The van der Waals surface area contributed by atoms with E-state index in [1.54, 1.807) is 24.3 Å². The van der Waals surface area contributed by atoms with Crippen LogP contribution in [0.5, 0.6) is 11.5 Å². The van der Waals surface area contributed by atoms with Crippen LogP contribution >= 0.6 is 0 Å². The Labute approximate surface area is 121 Å². The summed E-state index contributed by atoms with van der Waals surface area (Å²) in [5.41, 5.74) is 6.08. The molecule has 2 heterocycles. The molecule has 0 aliphatic carbocycles. The fourth-order valence-electron chi connectivity index (χ4n) is 1.94. The van der Waals surface area contributed by atoms with Crippen molar-refractivity contribution in [2.24, 2.45) is 0 Å². The number of aromatic nitrogens is 1. The van der Waals surface area contributed by atoms with Crippen molar-refractivity contribution in [3.05, 3.63) is 36.5 Å². The van der Waals surface area contributed by atoms with Crippen molar-refractivity contribution in [3.63, 3.8) is 0 Å². The summed E-state index contributed by atoms with van der Waals surface area (Å²) in [4.78, 5) is 3.80. The van der Waals surface area contributed by atoms with E-state index in [4.69, 9.17) is 15.2 Å². The standard InChI is InChI=1S/C13H13N3O4S/c14-10-2-1-5-15-13(10)21(17,18)16-9-3-4-11-12(8-9)20-7-6-19-11/h1-5,8,16H,6-7,14H2. The normalized spacial score (nSPS) is 13.7. The maximum Gasteiger partial charge on any atom is 0.281 e. The van der Waals surface area contributed by atoms with E-state index in [1.807, 2.05) is 0 Å². The summed E-state index contributed by atoms with van der Waals surface area (Å²) in [7, 11) is -3.85. The number of rotatable bonds is 3. The highest BCUT2D eigenvalue weighted by molar-refractivity contribution is 7.92. The zero-order valence-corrected chi connectivity index (χ0v) is 11.8. The van der Waals surface area contributed by atoms with E-state index in [-0.39, 0.29) is 10.7 Å². The van der Waals surface area contributed by atoms with Gasteiger partial charge in [0, 0.05) is 12.3 Å². The molecule has 3 rings (SSSR count). The lowest BCUT2D eigenvalue weighted by atomic mass is 10.3. The van der Waals surface area contributed by atoms with E-state index < -0.39 is 10.0 Å². The molecule has 0 fully saturated rings. The van der Waals surface area contributed by atoms with Crippen LogP contribution in [0, 0.1) is 0 Å². The molecule has 0 radical (unpaired) electrons. The quantitative estimate of drug-likeness (QED) is 0.884. The van der Waals surface area contributed by atoms with Crippen LogP contribution in [0.4, 0.5) is 11.4 Å². The predicted octanol–water partition coefficient (Wildman–Crippen LogP) is 1.24. The minimum atomic E-state index is -3.85. The Kier molecular flexibility index (Phi) is 3.30. The van der Waals surface area contributed by atoms with Gasteiger partial charge in [0.25, 0.3) is 10.0 Å². The number of nitrogens with two attached hydrogens (primary N) is 1. The number of benzene rings is 1. The molecule has 0 amide bonds. The van der Waals surface area contributed by atoms with Crippen LogP contribution < -0.4 is 19.9 Å². The first-order chi connectivity index (χ1) is 10.1. The van der Waals surface area contributed by atoms with Crippen LogP contribution in [-0.2, 0) is 10.0 Å². The van der Waals surface area contributed by atoms with E-state index in [1.165, 1.54) is 12.3 Å². The Balaban J connectivity index is 1.91. The number of nitrogens with zero attached hydrogens (tertiary/aromatic N) is 1. The number of ether oxygens (including phenoxy) is 2. The highest BCUT2D eigenvalue weighted by Gasteiger charge is 2.20. The molecule has 1 aliphatic heterocycles. The molecule has 0 bridgehead atoms. The van der Waals surface area contributed by atoms with Crippen LogP contribution in [0.25, 0.3) is 0 Å². The van der Waals surface area contributed by atoms with Gasteiger partial charge in [0.2, 0.25) is 0 Å². The molecule has 0 saturated heterocycles. The topological polar surface area (TPSA) is 104 Å². The fourth-order valence-corrected chi connectivity index (χ4v) is 3.05. The third kappa shape index (κ3) is 2.70. The zero-order valence-electron chi connectivity index (χ0n) is 10.9. The molecule has 110 valence electrons. The number of hydrogen-bond acceptors (Lipinski definition) is 6. The van der Waals surface area contributed by atoms with Gasteiger partial charge in [0.1, 0.15) is 13.2 Å². The summed E-state index contributed by atoms with van der Waals surface area (Å²) >= 11 is 0. The zero-order chi connectivity index (χ0) is 14.9. The van der Waals surface area contributed by atoms with Crippen LogP contribution in [0.1, 0.15) is 0 Å². The lowest BCUT2D eigenvalue weighted by molar-refractivity contribution is 0.171. The monoisotopic (exact) mass is 307 g/mol. The average molecular weight is 307 g/mol. The van der Waals surface area contributed by atoms with Crippen molar-refractivity contribution in [1.82, 2.24) is 4.98 Å². The summed E-state index contributed by atoms with van der Waals surface area (Å²) in [6, 6.07) is 7.84. The first kappa shape index (κ1) is 13.5. The second-order valence-corrected chi connectivity index (χ2v) is 5.96. The molecule has 0 saturated carbocycles. The third-order valence-corrected chi connectivity index (χ3v) is 4.20. The van der Waals surface area contributed by atoms with Crippen molar-refractivity contribution in [3.8, 4) is 11.5 Å². The summed E-state index contributed by atoms with van der Waals surface area (Å²) in [5.74, 6) is 1.08. The predicted molar refractivity (Wildman–Crippen MR) is 76.9 cm³/mol. The molecule has 1 aliphatic rings. The molecule has 0 spiro atoms. The third-order valence-electron chi connectivity index (χ3n) is 2.85. The maximum atomic E-state index is 12.3. The van der Waals surface area contributed by atoms with Gasteiger partial charge in [-0.15, -0.1) is 0 Å². The summed E-state index contributed by atoms with van der Waals surface area (Å²) in [6.45, 7) is 0.902. The molecule has 2 aromatic rings. The van der Waals surface area contributed by atoms with E-state index in [0.29, 0.717) is 30.4 Å². The molecule has 3 N–H and O–H groups in total. The molecule has 0 atom stereocenters. The fraction of sp³-hybridized carbons (Fsp3) is 0.154. The molecule has 8 heteroatoms. The number of sulfonamides is 1.